The number of nitrogens with zero attached hydrogens (tertiary/aromatic N) is 3. The summed E-state index contributed by atoms with van der Waals surface area (Å²) in [5.41, 5.74) is 1.49. The lowest BCUT2D eigenvalue weighted by atomic mass is 10.1. The third-order valence-corrected chi connectivity index (χ3v) is 7.17. The number of carbonyl (C=O) groups excluding carboxylic acids is 1. The van der Waals surface area contributed by atoms with Crippen molar-refractivity contribution < 1.29 is 22.7 Å². The Morgan fingerprint density at radius 2 is 1.82 bits per heavy atom. The average Bonchev–Trinajstić information content (AvgIpc) is 3.19. The molecule has 2 heterocycles. The number of benzene rings is 2. The van der Waals surface area contributed by atoms with Gasteiger partial charge in [0.25, 0.3) is 0 Å². The van der Waals surface area contributed by atoms with Gasteiger partial charge in [-0.25, -0.2) is 4.79 Å². The third-order valence-electron chi connectivity index (χ3n) is 6.77. The number of ether oxygens (including phenoxy) is 1. The molecule has 0 aromatic heterocycles. The fourth-order valence-corrected chi connectivity index (χ4v) is 4.94. The van der Waals surface area contributed by atoms with Crippen LogP contribution >= 0.6 is 11.6 Å². The van der Waals surface area contributed by atoms with Crippen molar-refractivity contribution in [1.29, 1.82) is 0 Å². The number of alkyl halides is 3. The summed E-state index contributed by atoms with van der Waals surface area (Å²) >= 11 is 5.97. The molecular weight excluding hydrogens is 469 g/mol. The van der Waals surface area contributed by atoms with Crippen LogP contribution in [-0.4, -0.2) is 56.8 Å². The smallest absolute Gasteiger partial charge is 0.417 e. The number of fused-ring (bicyclic) bond motifs is 1. The minimum atomic E-state index is -4.61. The Balaban J connectivity index is 1.62. The van der Waals surface area contributed by atoms with Gasteiger partial charge in [-0.1, -0.05) is 17.7 Å². The van der Waals surface area contributed by atoms with Gasteiger partial charge in [0.15, 0.2) is 0 Å². The van der Waals surface area contributed by atoms with Crippen LogP contribution in [0.15, 0.2) is 30.3 Å². The van der Waals surface area contributed by atoms with Gasteiger partial charge in [0.05, 0.1) is 34.8 Å². The van der Waals surface area contributed by atoms with Gasteiger partial charge in [-0.3, -0.25) is 9.80 Å². The maximum atomic E-state index is 13.2. The Morgan fingerprint density at radius 3 is 2.44 bits per heavy atom. The van der Waals surface area contributed by atoms with E-state index < -0.39 is 22.8 Å². The minimum Gasteiger partial charge on any atom is -0.495 e. The Bertz CT molecular complexity index is 1080. The average molecular weight is 497 g/mol. The molecule has 1 fully saturated rings. The van der Waals surface area contributed by atoms with E-state index >= 15 is 0 Å². The quantitative estimate of drug-likeness (QED) is 0.610. The van der Waals surface area contributed by atoms with Crippen LogP contribution in [0.5, 0.6) is 5.75 Å². The lowest BCUT2D eigenvalue weighted by Crippen LogP contribution is -2.55. The van der Waals surface area contributed by atoms with Crippen molar-refractivity contribution in [2.75, 3.05) is 48.9 Å². The zero-order valence-corrected chi connectivity index (χ0v) is 20.3. The Labute approximate surface area is 202 Å². The fraction of sp³-hybridized carbons (Fsp3) is 0.458. The summed E-state index contributed by atoms with van der Waals surface area (Å²) in [5, 5.41) is 2.03. The molecule has 1 N–H and O–H groups in total. The van der Waals surface area contributed by atoms with Crippen LogP contribution in [0, 0.1) is 0 Å². The van der Waals surface area contributed by atoms with Crippen LogP contribution in [-0.2, 0) is 12.6 Å². The van der Waals surface area contributed by atoms with Crippen molar-refractivity contribution in [1.82, 2.24) is 4.90 Å². The molecule has 34 heavy (non-hydrogen) atoms. The molecule has 1 saturated heterocycles. The predicted molar refractivity (Wildman–Crippen MR) is 128 cm³/mol. The normalized spacial score (nSPS) is 20.9. The van der Waals surface area contributed by atoms with E-state index in [1.807, 2.05) is 12.1 Å². The molecule has 2 aromatic rings. The molecule has 10 heteroatoms. The van der Waals surface area contributed by atoms with E-state index in [0.717, 1.165) is 41.8 Å². The van der Waals surface area contributed by atoms with Crippen molar-refractivity contribution >= 4 is 34.7 Å². The van der Waals surface area contributed by atoms with E-state index in [9.17, 15) is 18.0 Å². The van der Waals surface area contributed by atoms with E-state index in [2.05, 4.69) is 36.0 Å². The van der Waals surface area contributed by atoms with Crippen molar-refractivity contribution in [3.63, 3.8) is 0 Å². The molecule has 0 saturated carbocycles. The van der Waals surface area contributed by atoms with Crippen molar-refractivity contribution in [3.05, 3.63) is 46.5 Å². The first-order valence-electron chi connectivity index (χ1n) is 11.1. The van der Waals surface area contributed by atoms with Gasteiger partial charge in [-0.2, -0.15) is 13.2 Å². The molecule has 0 spiro atoms. The largest absolute Gasteiger partial charge is 0.495 e. The van der Waals surface area contributed by atoms with Crippen LogP contribution in [0.4, 0.5) is 35.0 Å². The summed E-state index contributed by atoms with van der Waals surface area (Å²) in [5.74, 6) is 0.742. The Kier molecular flexibility index (Phi) is 6.61. The second-order valence-corrected chi connectivity index (χ2v) is 9.30. The fourth-order valence-electron chi connectivity index (χ4n) is 4.66. The Morgan fingerprint density at radius 1 is 1.15 bits per heavy atom. The highest BCUT2D eigenvalue weighted by atomic mass is 35.5. The molecule has 2 aromatic carbocycles. The number of hydrogen-bond donors (Lipinski definition) is 1. The van der Waals surface area contributed by atoms with Crippen molar-refractivity contribution in [2.24, 2.45) is 0 Å². The molecule has 2 aliphatic rings. The van der Waals surface area contributed by atoms with Gasteiger partial charge < -0.3 is 15.0 Å². The van der Waals surface area contributed by atoms with Gasteiger partial charge in [0.1, 0.15) is 5.75 Å². The lowest BCUT2D eigenvalue weighted by molar-refractivity contribution is -0.137. The first-order valence-corrected chi connectivity index (χ1v) is 11.5. The number of piperazine rings is 1. The number of anilines is 3. The Hall–Kier alpha value is -2.65. The molecule has 0 radical (unpaired) electrons. The molecule has 2 atom stereocenters. The van der Waals surface area contributed by atoms with Crippen LogP contribution in [0.3, 0.4) is 0 Å². The van der Waals surface area contributed by atoms with Crippen LogP contribution in [0.2, 0.25) is 5.02 Å². The number of rotatable bonds is 3. The number of nitrogens with one attached hydrogen (secondary N) is 1. The van der Waals surface area contributed by atoms with Gasteiger partial charge in [0.2, 0.25) is 0 Å². The van der Waals surface area contributed by atoms with Gasteiger partial charge >= 0.3 is 12.2 Å². The standard InChI is InChI=1S/C24H28ClF3N4O2/c1-14-12-31(13-15(2)30(14)3)20-11-19-16(10-21(20)34-4)8-9-32(19)23(33)29-18-7-5-6-17(22(18)25)24(26,27)28/h5-7,10-11,14-15H,8-9,12-13H2,1-4H3,(H,29,33). The van der Waals surface area contributed by atoms with E-state index in [1.165, 1.54) is 17.0 Å². The van der Waals surface area contributed by atoms with Gasteiger partial charge in [0, 0.05) is 31.7 Å². The number of amides is 2. The van der Waals surface area contributed by atoms with Crippen molar-refractivity contribution in [2.45, 2.75) is 38.5 Å². The molecular formula is C24H28ClF3N4O2. The summed E-state index contributed by atoms with van der Waals surface area (Å²) in [6, 6.07) is 7.51. The summed E-state index contributed by atoms with van der Waals surface area (Å²) in [6.07, 6.45) is -3.99. The molecule has 2 aliphatic heterocycles. The number of carbonyl (C=O) groups is 1. The highest BCUT2D eigenvalue weighted by molar-refractivity contribution is 6.34. The topological polar surface area (TPSA) is 48.1 Å². The predicted octanol–water partition coefficient (Wildman–Crippen LogP) is 5.49. The third kappa shape index (κ3) is 4.51. The van der Waals surface area contributed by atoms with E-state index in [1.54, 1.807) is 7.11 Å². The molecule has 0 bridgehead atoms. The second kappa shape index (κ2) is 9.19. The molecule has 6 nitrogen and oxygen atoms in total. The molecule has 2 unspecified atom stereocenters. The first-order chi connectivity index (χ1) is 16.0. The van der Waals surface area contributed by atoms with Crippen LogP contribution in [0.1, 0.15) is 25.0 Å². The lowest BCUT2D eigenvalue weighted by Gasteiger charge is -2.44. The SMILES string of the molecule is COc1cc2c(cc1N1CC(C)N(C)C(C)C1)N(C(=O)Nc1cccc(C(F)(F)F)c1Cl)CC2. The first kappa shape index (κ1) is 24.5. The van der Waals surface area contributed by atoms with Gasteiger partial charge in [-0.05, 0) is 57.1 Å². The summed E-state index contributed by atoms with van der Waals surface area (Å²) in [7, 11) is 3.74. The maximum absolute atomic E-state index is 13.2. The highest BCUT2D eigenvalue weighted by Gasteiger charge is 2.35. The molecule has 184 valence electrons. The minimum absolute atomic E-state index is 0.0783. The van der Waals surface area contributed by atoms with E-state index in [-0.39, 0.29) is 5.69 Å². The molecule has 4 rings (SSSR count). The van der Waals surface area contributed by atoms with E-state index in [4.69, 9.17) is 16.3 Å². The second-order valence-electron chi connectivity index (χ2n) is 8.92. The zero-order chi connectivity index (χ0) is 24.8. The maximum Gasteiger partial charge on any atom is 0.417 e. The highest BCUT2D eigenvalue weighted by Crippen LogP contribution is 2.41. The van der Waals surface area contributed by atoms with Crippen molar-refractivity contribution in [3.8, 4) is 5.75 Å². The van der Waals surface area contributed by atoms with Gasteiger partial charge in [-0.15, -0.1) is 0 Å². The number of urea groups is 1. The van der Waals surface area contributed by atoms with E-state index in [0.29, 0.717) is 25.0 Å². The zero-order valence-electron chi connectivity index (χ0n) is 19.5. The molecule has 0 aliphatic carbocycles. The number of likely N-dealkylation sites (N-methyl/N-ethyl adjacent to an activating group) is 1. The summed E-state index contributed by atoms with van der Waals surface area (Å²) in [6.45, 7) is 6.35. The monoisotopic (exact) mass is 496 g/mol. The summed E-state index contributed by atoms with van der Waals surface area (Å²) < 4.78 is 45.3. The van der Waals surface area contributed by atoms with Crippen LogP contribution in [0.25, 0.3) is 0 Å². The number of methoxy groups -OCH3 is 1. The molecule has 2 amide bonds. The summed E-state index contributed by atoms with van der Waals surface area (Å²) in [4.78, 5) is 19.2. The number of hydrogen-bond acceptors (Lipinski definition) is 4. The number of halogens is 4. The van der Waals surface area contributed by atoms with Crippen LogP contribution < -0.4 is 19.9 Å².